The number of benzene rings is 9. The molecule has 7 heterocycles. The first-order chi connectivity index (χ1) is 59.3. The summed E-state index contributed by atoms with van der Waals surface area (Å²) in [6.07, 6.45) is 8.21. The molecule has 25 heteroatoms. The van der Waals surface area contributed by atoms with E-state index in [1.165, 1.54) is 45.6 Å². The number of amides is 8. The molecular formula is C98H116N16O9. The van der Waals surface area contributed by atoms with Gasteiger partial charge in [0.15, 0.2) is 5.82 Å². The number of likely N-dealkylation sites (N-methyl/N-ethyl adjacent to an activating group) is 1. The third-order valence-corrected chi connectivity index (χ3v) is 21.7. The van der Waals surface area contributed by atoms with Crippen LogP contribution >= 0.6 is 0 Å². The van der Waals surface area contributed by atoms with E-state index in [2.05, 4.69) is 125 Å². The number of hydrogen-bond acceptors (Lipinski definition) is 18. The summed E-state index contributed by atoms with van der Waals surface area (Å²) in [4.78, 5) is 94.7. The number of ether oxygens (including phenoxy) is 3. The monoisotopic (exact) mass is 1660 g/mol. The molecule has 0 bridgehead atoms. The van der Waals surface area contributed by atoms with Crippen LogP contribution in [0.25, 0.3) is 5.57 Å². The van der Waals surface area contributed by atoms with Crippen LogP contribution < -0.4 is 56.2 Å². The van der Waals surface area contributed by atoms with E-state index in [9.17, 15) is 28.8 Å². The van der Waals surface area contributed by atoms with E-state index in [0.29, 0.717) is 55.9 Å². The molecule has 6 aliphatic rings. The van der Waals surface area contributed by atoms with Crippen molar-refractivity contribution in [2.75, 3.05) is 144 Å². The van der Waals surface area contributed by atoms with Crippen LogP contribution in [0.5, 0.6) is 11.5 Å². The van der Waals surface area contributed by atoms with Crippen molar-refractivity contribution in [1.29, 1.82) is 0 Å². The maximum Gasteiger partial charge on any atom is 0.327 e. The standard InChI is InChI=1S/C22H24N2O.C17H18N2O2.C16H21N3O3.C16H17NO.C15H20N6.C12H16N2O2/c25-22(20-10-4-5-11-21(20)23-14-6-7-15-23)24-16-12-19(13-17-24)18-8-2-1-3-9-18;1-11(2)21-15-10-6-4-8-13(15)16-18-14-9-5-3-7-12(14)17(20)19-16;1-10-7-6-8-12(11(10)2)17-13(20)9-19-14(21)16(3,4)18(5)15(19)22;1-18-14-7-4-6-13(11-14)16-15-8-3-2-5-12(15)9-10-17-16;1-20(2)14-10-13(17-15(18-14)21(3)4)19-16-11-12-8-6-5-7-9-12;1-10-3-2-4-11(9-10)13-12(15)14-5-7-16-8-6-14/h1-5,8-12H,6-7,13-17H2;3-11,16,18H,1-2H3,(H,19,20);6-8H,9H2,1-5H3,(H,17,20);2-8,11,16-17H,9-10H2,1H3;5-11H,1-4H3,(H,17,18,19);2-4,9H,5-8H2,1H3,(H,13,15)/b;;;;16-11-;. The first kappa shape index (κ1) is 90.4. The zero-order valence-corrected chi connectivity index (χ0v) is 72.9. The number of anilines is 7. The predicted molar refractivity (Wildman–Crippen MR) is 493 cm³/mol. The quantitative estimate of drug-likeness (QED) is 0.0281. The van der Waals surface area contributed by atoms with Crippen LogP contribution in [0.1, 0.15) is 130 Å². The molecule has 0 spiro atoms. The van der Waals surface area contributed by atoms with Crippen molar-refractivity contribution in [1.82, 2.24) is 40.2 Å². The summed E-state index contributed by atoms with van der Waals surface area (Å²) < 4.78 is 16.3. The molecule has 6 N–H and O–H groups in total. The molecule has 2 atom stereocenters. The molecule has 25 nitrogen and oxygen atoms in total. The fourth-order valence-corrected chi connectivity index (χ4v) is 14.5. The summed E-state index contributed by atoms with van der Waals surface area (Å²) in [6.45, 7) is 20.1. The van der Waals surface area contributed by atoms with E-state index in [0.717, 1.165) is 112 Å². The van der Waals surface area contributed by atoms with Gasteiger partial charge in [0.1, 0.15) is 35.6 Å². The van der Waals surface area contributed by atoms with Crippen LogP contribution in [0, 0.1) is 20.8 Å². The number of imide groups is 1. The first-order valence-electron chi connectivity index (χ1n) is 41.8. The van der Waals surface area contributed by atoms with Crippen LogP contribution in [0.2, 0.25) is 0 Å². The number of morpholine rings is 1. The number of carbonyl (C=O) groups excluding carboxylic acids is 6. The minimum Gasteiger partial charge on any atom is -0.497 e. The number of rotatable bonds is 17. The minimum absolute atomic E-state index is 0.0473. The summed E-state index contributed by atoms with van der Waals surface area (Å²) in [5.41, 5.74) is 18.8. The van der Waals surface area contributed by atoms with Crippen molar-refractivity contribution in [2.45, 2.75) is 98.0 Å². The Morgan fingerprint density at radius 2 is 1.35 bits per heavy atom. The van der Waals surface area contributed by atoms with E-state index in [1.54, 1.807) is 45.2 Å². The lowest BCUT2D eigenvalue weighted by molar-refractivity contribution is -0.134. The highest BCUT2D eigenvalue weighted by atomic mass is 16.5. The zero-order valence-electron chi connectivity index (χ0n) is 72.9. The fourth-order valence-electron chi connectivity index (χ4n) is 14.5. The van der Waals surface area contributed by atoms with Gasteiger partial charge in [-0.25, -0.2) is 9.59 Å². The Balaban J connectivity index is 0.000000145. The van der Waals surface area contributed by atoms with Gasteiger partial charge in [-0.15, -0.1) is 0 Å². The average Bonchev–Trinajstić information content (AvgIpc) is 1.64. The Morgan fingerprint density at radius 1 is 0.675 bits per heavy atom. The van der Waals surface area contributed by atoms with Crippen LogP contribution in [0.3, 0.4) is 0 Å². The number of methoxy groups -OCH3 is 1. The van der Waals surface area contributed by atoms with E-state index in [1.807, 2.05) is 235 Å². The number of hydrogen-bond donors (Lipinski definition) is 6. The summed E-state index contributed by atoms with van der Waals surface area (Å²) in [6, 6.07) is 75.7. The Bertz CT molecular complexity index is 5270. The summed E-state index contributed by atoms with van der Waals surface area (Å²) >= 11 is 0. The highest BCUT2D eigenvalue weighted by Crippen LogP contribution is 2.35. The second-order valence-electron chi connectivity index (χ2n) is 31.7. The summed E-state index contributed by atoms with van der Waals surface area (Å²) in [5.74, 6) is 3.15. The van der Waals surface area contributed by atoms with Gasteiger partial charge in [-0.2, -0.15) is 15.1 Å². The van der Waals surface area contributed by atoms with Crippen molar-refractivity contribution in [3.8, 4) is 11.5 Å². The van der Waals surface area contributed by atoms with E-state index in [4.69, 9.17) is 14.2 Å². The van der Waals surface area contributed by atoms with Crippen LogP contribution in [0.15, 0.2) is 242 Å². The summed E-state index contributed by atoms with van der Waals surface area (Å²) in [7, 11) is 11.0. The molecule has 0 aliphatic carbocycles. The predicted octanol–water partition coefficient (Wildman–Crippen LogP) is 16.3. The molecule has 642 valence electrons. The molecule has 6 aliphatic heterocycles. The second-order valence-corrected chi connectivity index (χ2v) is 31.7. The molecule has 0 radical (unpaired) electrons. The Morgan fingerprint density at radius 3 is 2.04 bits per heavy atom. The lowest BCUT2D eigenvalue weighted by Crippen LogP contribution is -2.43. The number of para-hydroxylation sites is 3. The maximum absolute atomic E-state index is 13.1. The van der Waals surface area contributed by atoms with Crippen molar-refractivity contribution >= 4 is 87.8 Å². The number of fused-ring (bicyclic) bond motifs is 2. The Hall–Kier alpha value is -13.4. The lowest BCUT2D eigenvalue weighted by Gasteiger charge is -2.29. The number of urea groups is 2. The van der Waals surface area contributed by atoms with E-state index in [-0.39, 0.29) is 54.5 Å². The smallest absolute Gasteiger partial charge is 0.327 e. The average molecular weight is 1660 g/mol. The van der Waals surface area contributed by atoms with Gasteiger partial charge in [0, 0.05) is 115 Å². The van der Waals surface area contributed by atoms with Gasteiger partial charge in [-0.1, -0.05) is 170 Å². The number of nitrogens with one attached hydrogen (secondary N) is 6. The zero-order chi connectivity index (χ0) is 87.5. The molecule has 123 heavy (non-hydrogen) atoms. The third kappa shape index (κ3) is 24.7. The number of aryl methyl sites for hydroxylation is 2. The number of hydrazone groups is 1. The van der Waals surface area contributed by atoms with Crippen LogP contribution in [-0.2, 0) is 20.7 Å². The first-order valence-corrected chi connectivity index (χ1v) is 41.8. The van der Waals surface area contributed by atoms with Gasteiger partial charge in [-0.05, 0) is 185 Å². The van der Waals surface area contributed by atoms with Gasteiger partial charge >= 0.3 is 12.1 Å². The number of nitrogens with zero attached hydrogens (tertiary/aromatic N) is 10. The highest BCUT2D eigenvalue weighted by molar-refractivity contribution is 6.10. The fraction of sp³-hybridized carbons (Fsp3) is 0.316. The van der Waals surface area contributed by atoms with Gasteiger partial charge < -0.3 is 70.2 Å². The third-order valence-electron chi connectivity index (χ3n) is 21.7. The van der Waals surface area contributed by atoms with Crippen LogP contribution in [0.4, 0.5) is 49.9 Å². The minimum atomic E-state index is -0.920. The lowest BCUT2D eigenvalue weighted by atomic mass is 9.90. The van der Waals surface area contributed by atoms with E-state index >= 15 is 0 Å². The normalized spacial score (nSPS) is 16.1. The van der Waals surface area contributed by atoms with Crippen molar-refractivity contribution in [3.05, 3.63) is 298 Å². The van der Waals surface area contributed by atoms with Gasteiger partial charge in [0.25, 0.3) is 17.7 Å². The second kappa shape index (κ2) is 43.7. The van der Waals surface area contributed by atoms with Crippen molar-refractivity contribution in [2.24, 2.45) is 5.10 Å². The van der Waals surface area contributed by atoms with Crippen molar-refractivity contribution in [3.63, 3.8) is 0 Å². The Kier molecular flexibility index (Phi) is 32.1. The largest absolute Gasteiger partial charge is 0.497 e. The molecule has 2 unspecified atom stereocenters. The van der Waals surface area contributed by atoms with E-state index < -0.39 is 11.6 Å². The number of aromatic nitrogens is 2. The topological polar surface area (TPSA) is 263 Å². The Labute approximate surface area is 723 Å². The highest BCUT2D eigenvalue weighted by Gasteiger charge is 2.50. The molecule has 0 saturated carbocycles. The van der Waals surface area contributed by atoms with Crippen molar-refractivity contribution < 1.29 is 43.0 Å². The molecule has 3 saturated heterocycles. The number of carbonyl (C=O) groups is 6. The van der Waals surface area contributed by atoms with Crippen LogP contribution in [-0.4, -0.2) is 191 Å². The molecule has 10 aromatic rings. The maximum atomic E-state index is 13.1. The molecular weight excluding hydrogens is 1550 g/mol. The molecule has 1 aromatic heterocycles. The molecule has 8 amide bonds. The van der Waals surface area contributed by atoms with Gasteiger partial charge in [-0.3, -0.25) is 29.5 Å². The molecule has 16 rings (SSSR count). The van der Waals surface area contributed by atoms with Gasteiger partial charge in [0.2, 0.25) is 11.9 Å². The summed E-state index contributed by atoms with van der Waals surface area (Å²) in [5, 5.41) is 19.8. The molecule has 3 fully saturated rings. The van der Waals surface area contributed by atoms with Gasteiger partial charge in [0.05, 0.1) is 49.8 Å². The molecule has 9 aromatic carbocycles. The SMILES string of the molecule is CC(C)Oc1ccccc1C1NC(=O)c2ccccc2N1.CN(C)c1cc(N/N=C\c2ccccc2)nc(N(C)C)n1.COc1cccc(C2NCCc3ccccc32)c1.Cc1cccc(NC(=O)CN2C(=O)N(C)C(C)(C)C2=O)c1C.Cc1cccc(NC(=O)N2CCOCC2)c1.O=C(c1ccccc1N1CCCC1)N1CC=C(c2ccccc2)CC1.